The molecular weight excluding hydrogens is 272 g/mol. The summed E-state index contributed by atoms with van der Waals surface area (Å²) in [5.41, 5.74) is 1.83. The van der Waals surface area contributed by atoms with Crippen LogP contribution in [0.5, 0.6) is 0 Å². The minimum Gasteiger partial charge on any atom is -0.393 e. The number of rotatable bonds is 0. The molecule has 0 aromatic carbocycles. The largest absolute Gasteiger partial charge is 0.393 e. The van der Waals surface area contributed by atoms with Crippen LogP contribution in [0.15, 0.2) is 11.6 Å². The van der Waals surface area contributed by atoms with Gasteiger partial charge in [-0.1, -0.05) is 32.4 Å². The summed E-state index contributed by atoms with van der Waals surface area (Å²) in [4.78, 5) is 11.9. The number of aliphatic hydroxyl groups is 1. The number of hydrogen-bond donors (Lipinski definition) is 1. The zero-order chi connectivity index (χ0) is 15.7. The molecule has 0 radical (unpaired) electrons. The number of carbonyl (C=O) groups is 1. The Bertz CT molecular complexity index is 536. The lowest BCUT2D eigenvalue weighted by atomic mass is 9.46. The first-order valence-electron chi connectivity index (χ1n) is 9.27. The highest BCUT2D eigenvalue weighted by molar-refractivity contribution is 5.82. The zero-order valence-electron chi connectivity index (χ0n) is 14.3. The zero-order valence-corrected chi connectivity index (χ0v) is 14.3. The van der Waals surface area contributed by atoms with Crippen LogP contribution in [-0.2, 0) is 4.79 Å². The monoisotopic (exact) mass is 302 g/mol. The molecule has 3 fully saturated rings. The molecule has 4 rings (SSSR count). The van der Waals surface area contributed by atoms with Gasteiger partial charge in [-0.15, -0.1) is 0 Å². The van der Waals surface area contributed by atoms with Crippen LogP contribution in [-0.4, -0.2) is 17.0 Å². The van der Waals surface area contributed by atoms with Gasteiger partial charge in [0.2, 0.25) is 0 Å². The third-order valence-corrected chi connectivity index (χ3v) is 8.22. The van der Waals surface area contributed by atoms with E-state index in [1.165, 1.54) is 24.8 Å². The number of hydrogen-bond acceptors (Lipinski definition) is 2. The standard InChI is InChI=1S/C20H30O2/c1-12-10-13-11-14(21)6-8-19(13,2)16-7-9-20(3)15(18(12)16)4-5-17(20)22/h10,12,15-18,22H,4-9,11H2,1-3H3/t12-,15+,16+,17+,18+,19+,20+/m1/s1. The van der Waals surface area contributed by atoms with Gasteiger partial charge in [0, 0.05) is 12.8 Å². The lowest BCUT2D eigenvalue weighted by molar-refractivity contribution is -0.123. The van der Waals surface area contributed by atoms with Gasteiger partial charge in [0.1, 0.15) is 5.78 Å². The molecule has 0 bridgehead atoms. The summed E-state index contributed by atoms with van der Waals surface area (Å²) in [6.45, 7) is 7.13. The van der Waals surface area contributed by atoms with Gasteiger partial charge in [-0.25, -0.2) is 0 Å². The quantitative estimate of drug-likeness (QED) is 0.683. The van der Waals surface area contributed by atoms with Gasteiger partial charge in [0.25, 0.3) is 0 Å². The molecule has 2 heteroatoms. The Morgan fingerprint density at radius 3 is 2.68 bits per heavy atom. The van der Waals surface area contributed by atoms with Crippen LogP contribution in [0.4, 0.5) is 0 Å². The van der Waals surface area contributed by atoms with Crippen molar-refractivity contribution in [1.82, 2.24) is 0 Å². The number of aliphatic hydroxyl groups excluding tert-OH is 1. The highest BCUT2D eigenvalue weighted by Gasteiger charge is 2.59. The van der Waals surface area contributed by atoms with Crippen molar-refractivity contribution in [1.29, 1.82) is 0 Å². The second-order valence-corrected chi connectivity index (χ2v) is 9.11. The fraction of sp³-hybridized carbons (Fsp3) is 0.850. The molecule has 0 saturated heterocycles. The highest BCUT2D eigenvalue weighted by Crippen LogP contribution is 2.65. The molecule has 1 N–H and O–H groups in total. The molecule has 4 aliphatic carbocycles. The fourth-order valence-corrected chi connectivity index (χ4v) is 6.81. The molecule has 22 heavy (non-hydrogen) atoms. The Labute approximate surface area is 134 Å². The molecule has 7 atom stereocenters. The average molecular weight is 302 g/mol. The Kier molecular flexibility index (Phi) is 3.18. The number of ketones is 1. The maximum absolute atomic E-state index is 11.9. The van der Waals surface area contributed by atoms with E-state index in [0.29, 0.717) is 30.0 Å². The van der Waals surface area contributed by atoms with E-state index in [-0.39, 0.29) is 16.9 Å². The van der Waals surface area contributed by atoms with Gasteiger partial charge in [-0.2, -0.15) is 0 Å². The van der Waals surface area contributed by atoms with Crippen molar-refractivity contribution in [3.05, 3.63) is 11.6 Å². The molecule has 3 saturated carbocycles. The van der Waals surface area contributed by atoms with Crippen LogP contribution in [0.2, 0.25) is 0 Å². The minimum atomic E-state index is -0.100. The summed E-state index contributed by atoms with van der Waals surface area (Å²) in [5.74, 6) is 3.10. The van der Waals surface area contributed by atoms with Crippen molar-refractivity contribution in [3.8, 4) is 0 Å². The third-order valence-electron chi connectivity index (χ3n) is 8.22. The summed E-state index contributed by atoms with van der Waals surface area (Å²) in [6.07, 6.45) is 9.47. The molecule has 2 nitrogen and oxygen atoms in total. The van der Waals surface area contributed by atoms with E-state index in [1.807, 2.05) is 0 Å². The summed E-state index contributed by atoms with van der Waals surface area (Å²) >= 11 is 0. The van der Waals surface area contributed by atoms with Gasteiger partial charge < -0.3 is 5.11 Å². The Hall–Kier alpha value is -0.630. The lowest BCUT2D eigenvalue weighted by Crippen LogP contribution is -2.53. The smallest absolute Gasteiger partial charge is 0.136 e. The number of allylic oxidation sites excluding steroid dienone is 2. The van der Waals surface area contributed by atoms with Gasteiger partial charge in [0.15, 0.2) is 0 Å². The molecule has 0 aromatic heterocycles. The van der Waals surface area contributed by atoms with Crippen LogP contribution in [0.1, 0.15) is 65.7 Å². The summed E-state index contributed by atoms with van der Waals surface area (Å²) in [6, 6.07) is 0. The molecule has 0 aliphatic heterocycles. The van der Waals surface area contributed by atoms with E-state index in [2.05, 4.69) is 26.8 Å². The highest BCUT2D eigenvalue weighted by atomic mass is 16.3. The molecule has 122 valence electrons. The first-order valence-corrected chi connectivity index (χ1v) is 9.27. The van der Waals surface area contributed by atoms with Crippen LogP contribution >= 0.6 is 0 Å². The van der Waals surface area contributed by atoms with Gasteiger partial charge in [-0.3, -0.25) is 4.79 Å². The second kappa shape index (κ2) is 4.69. The van der Waals surface area contributed by atoms with Crippen molar-refractivity contribution in [2.24, 2.45) is 34.5 Å². The summed E-state index contributed by atoms with van der Waals surface area (Å²) < 4.78 is 0. The molecule has 0 amide bonds. The third kappa shape index (κ3) is 1.79. The number of fused-ring (bicyclic) bond motifs is 5. The van der Waals surface area contributed by atoms with Gasteiger partial charge >= 0.3 is 0 Å². The van der Waals surface area contributed by atoms with Gasteiger partial charge in [0.05, 0.1) is 6.10 Å². The van der Waals surface area contributed by atoms with E-state index in [4.69, 9.17) is 0 Å². The molecule has 0 aromatic rings. The van der Waals surface area contributed by atoms with Gasteiger partial charge in [-0.05, 0) is 66.6 Å². The minimum absolute atomic E-state index is 0.100. The average Bonchev–Trinajstić information content (AvgIpc) is 2.77. The first kappa shape index (κ1) is 14.9. The van der Waals surface area contributed by atoms with Crippen LogP contribution < -0.4 is 0 Å². The number of Topliss-reactive ketones (excluding diaryl/α,β-unsaturated/α-hetero) is 1. The van der Waals surface area contributed by atoms with E-state index in [1.54, 1.807) is 0 Å². The predicted octanol–water partition coefficient (Wildman–Crippen LogP) is 4.13. The Morgan fingerprint density at radius 1 is 1.14 bits per heavy atom. The fourth-order valence-electron chi connectivity index (χ4n) is 6.81. The first-order chi connectivity index (χ1) is 10.4. The van der Waals surface area contributed by atoms with Crippen LogP contribution in [0, 0.1) is 34.5 Å². The van der Waals surface area contributed by atoms with E-state index >= 15 is 0 Å². The van der Waals surface area contributed by atoms with Crippen molar-refractivity contribution in [3.63, 3.8) is 0 Å². The van der Waals surface area contributed by atoms with Crippen molar-refractivity contribution in [2.45, 2.75) is 71.8 Å². The predicted molar refractivity (Wildman–Crippen MR) is 87.3 cm³/mol. The Morgan fingerprint density at radius 2 is 1.91 bits per heavy atom. The van der Waals surface area contributed by atoms with E-state index in [9.17, 15) is 9.90 Å². The van der Waals surface area contributed by atoms with E-state index in [0.717, 1.165) is 25.2 Å². The summed E-state index contributed by atoms with van der Waals surface area (Å²) in [5, 5.41) is 10.5. The van der Waals surface area contributed by atoms with Crippen LogP contribution in [0.25, 0.3) is 0 Å². The van der Waals surface area contributed by atoms with Crippen molar-refractivity contribution < 1.29 is 9.90 Å². The molecule has 0 spiro atoms. The maximum Gasteiger partial charge on any atom is 0.136 e. The van der Waals surface area contributed by atoms with Crippen molar-refractivity contribution in [2.75, 3.05) is 0 Å². The molecular formula is C20H30O2. The van der Waals surface area contributed by atoms with E-state index < -0.39 is 0 Å². The molecule has 0 unspecified atom stereocenters. The molecule has 0 heterocycles. The topological polar surface area (TPSA) is 37.3 Å². The summed E-state index contributed by atoms with van der Waals surface area (Å²) in [7, 11) is 0. The normalized spacial score (nSPS) is 54.3. The Balaban J connectivity index is 1.74. The number of carbonyl (C=O) groups excluding carboxylic acids is 1. The maximum atomic E-state index is 11.9. The SMILES string of the molecule is C[C@@H]1C=C2CC(=O)CC[C@]2(C)[C@H]2CC[C@]3(C)[C@@H](O)CC[C@H]3[C@H]12. The van der Waals surface area contributed by atoms with Crippen LogP contribution in [0.3, 0.4) is 0 Å². The lowest BCUT2D eigenvalue weighted by Gasteiger charge is -2.58. The molecule has 4 aliphatic rings. The van der Waals surface area contributed by atoms with Crippen molar-refractivity contribution >= 4 is 5.78 Å². The second-order valence-electron chi connectivity index (χ2n) is 9.11.